The number of methoxy groups -OCH3 is 2. The molecule has 8 heteroatoms. The van der Waals surface area contributed by atoms with Crippen LogP contribution >= 0.6 is 0 Å². The third-order valence-corrected chi connectivity index (χ3v) is 4.52. The number of ether oxygens (including phenoxy) is 3. The van der Waals surface area contributed by atoms with E-state index in [1.54, 1.807) is 48.9 Å². The van der Waals surface area contributed by atoms with Gasteiger partial charge in [0.2, 0.25) is 0 Å². The molecular weight excluding hydrogens is 350 g/mol. The number of carbonyl (C=O) groups excluding carboxylic acids is 1. The number of aryl methyl sites for hydroxylation is 1. The molecule has 1 fully saturated rings. The molecule has 1 aromatic heterocycles. The summed E-state index contributed by atoms with van der Waals surface area (Å²) in [5.74, 6) is 1.71. The van der Waals surface area contributed by atoms with Crippen LogP contribution in [0.15, 0.2) is 35.1 Å². The number of amides is 2. The van der Waals surface area contributed by atoms with Gasteiger partial charge in [-0.05, 0) is 13.0 Å². The summed E-state index contributed by atoms with van der Waals surface area (Å²) < 4.78 is 17.7. The van der Waals surface area contributed by atoms with Crippen LogP contribution in [0, 0.1) is 6.92 Å². The number of nitrogens with one attached hydrogen (secondary N) is 1. The number of nitrogens with zero attached hydrogens (tertiary/aromatic N) is 2. The lowest BCUT2D eigenvalue weighted by Gasteiger charge is -2.38. The van der Waals surface area contributed by atoms with Gasteiger partial charge >= 0.3 is 6.03 Å². The maximum absolute atomic E-state index is 12.4. The summed E-state index contributed by atoms with van der Waals surface area (Å²) >= 11 is 0. The maximum atomic E-state index is 12.4. The zero-order valence-corrected chi connectivity index (χ0v) is 15.8. The topological polar surface area (TPSA) is 82.0 Å². The highest BCUT2D eigenvalue weighted by Crippen LogP contribution is 2.26. The van der Waals surface area contributed by atoms with Crippen LogP contribution in [-0.4, -0.2) is 48.9 Å². The molecule has 0 spiro atoms. The van der Waals surface area contributed by atoms with Gasteiger partial charge in [-0.3, -0.25) is 4.79 Å². The smallest absolute Gasteiger partial charge is 0.322 e. The lowest BCUT2D eigenvalue weighted by atomic mass is 10.2. The molecule has 1 saturated heterocycles. The fourth-order valence-electron chi connectivity index (χ4n) is 2.76. The van der Waals surface area contributed by atoms with Crippen molar-refractivity contribution < 1.29 is 19.0 Å². The number of hydrogen-bond acceptors (Lipinski definition) is 5. The van der Waals surface area contributed by atoms with E-state index in [2.05, 4.69) is 5.32 Å². The first-order valence-electron chi connectivity index (χ1n) is 8.53. The van der Waals surface area contributed by atoms with Crippen molar-refractivity contribution >= 4 is 11.7 Å². The molecular formula is C19H23N3O5. The minimum absolute atomic E-state index is 0.120. The SMILES string of the molecule is COc1cc(NC(=O)N2CC(Oc3cc(C)n(C)c(=O)c3)C2)cc(OC)c1. The Morgan fingerprint density at radius 1 is 1.04 bits per heavy atom. The van der Waals surface area contributed by atoms with Crippen molar-refractivity contribution in [2.24, 2.45) is 7.05 Å². The largest absolute Gasteiger partial charge is 0.497 e. The van der Waals surface area contributed by atoms with Gasteiger partial charge in [0.15, 0.2) is 0 Å². The molecule has 0 unspecified atom stereocenters. The van der Waals surface area contributed by atoms with Gasteiger partial charge in [0, 0.05) is 42.7 Å². The number of benzene rings is 1. The molecule has 2 amide bonds. The summed E-state index contributed by atoms with van der Waals surface area (Å²) in [6, 6.07) is 8.21. The van der Waals surface area contributed by atoms with Crippen LogP contribution in [0.25, 0.3) is 0 Å². The van der Waals surface area contributed by atoms with Gasteiger partial charge in [0.05, 0.1) is 27.3 Å². The molecule has 1 aromatic carbocycles. The van der Waals surface area contributed by atoms with E-state index in [0.29, 0.717) is 36.0 Å². The molecule has 27 heavy (non-hydrogen) atoms. The highest BCUT2D eigenvalue weighted by molar-refractivity contribution is 5.90. The maximum Gasteiger partial charge on any atom is 0.322 e. The fraction of sp³-hybridized carbons (Fsp3) is 0.368. The molecule has 3 rings (SSSR count). The second-order valence-corrected chi connectivity index (χ2v) is 6.41. The van der Waals surface area contributed by atoms with Crippen molar-refractivity contribution in [3.8, 4) is 17.2 Å². The van der Waals surface area contributed by atoms with Crippen molar-refractivity contribution in [3.63, 3.8) is 0 Å². The van der Waals surface area contributed by atoms with Gasteiger partial charge in [-0.2, -0.15) is 0 Å². The normalized spacial score (nSPS) is 13.7. The second-order valence-electron chi connectivity index (χ2n) is 6.41. The molecule has 0 aliphatic carbocycles. The van der Waals surface area contributed by atoms with Gasteiger partial charge in [-0.25, -0.2) is 4.79 Å². The number of aromatic nitrogens is 1. The molecule has 1 aliphatic rings. The lowest BCUT2D eigenvalue weighted by Crippen LogP contribution is -2.57. The Labute approximate surface area is 157 Å². The first-order valence-corrected chi connectivity index (χ1v) is 8.53. The Morgan fingerprint density at radius 3 is 2.22 bits per heavy atom. The highest BCUT2D eigenvalue weighted by atomic mass is 16.5. The van der Waals surface area contributed by atoms with E-state index in [9.17, 15) is 9.59 Å². The van der Waals surface area contributed by atoms with Crippen LogP contribution in [0.3, 0.4) is 0 Å². The van der Waals surface area contributed by atoms with Gasteiger partial charge in [0.1, 0.15) is 23.4 Å². The molecule has 2 heterocycles. The van der Waals surface area contributed by atoms with Crippen LogP contribution in [0.1, 0.15) is 5.69 Å². The number of anilines is 1. The van der Waals surface area contributed by atoms with E-state index in [1.807, 2.05) is 13.0 Å². The predicted octanol–water partition coefficient (Wildman–Crippen LogP) is 2.01. The molecule has 0 saturated carbocycles. The van der Waals surface area contributed by atoms with Crippen LogP contribution < -0.4 is 25.1 Å². The summed E-state index contributed by atoms with van der Waals surface area (Å²) in [6.45, 7) is 2.74. The number of urea groups is 1. The number of rotatable bonds is 5. The molecule has 0 radical (unpaired) electrons. The van der Waals surface area contributed by atoms with E-state index in [1.165, 1.54) is 6.07 Å². The van der Waals surface area contributed by atoms with E-state index in [0.717, 1.165) is 5.69 Å². The Hall–Kier alpha value is -3.16. The summed E-state index contributed by atoms with van der Waals surface area (Å²) in [6.07, 6.45) is -0.137. The van der Waals surface area contributed by atoms with Crippen LogP contribution in [0.5, 0.6) is 17.2 Å². The average molecular weight is 373 g/mol. The Balaban J connectivity index is 1.57. The highest BCUT2D eigenvalue weighted by Gasteiger charge is 2.32. The monoisotopic (exact) mass is 373 g/mol. The first kappa shape index (κ1) is 18.6. The summed E-state index contributed by atoms with van der Waals surface area (Å²) in [4.78, 5) is 25.8. The molecule has 8 nitrogen and oxygen atoms in total. The first-order chi connectivity index (χ1) is 12.9. The van der Waals surface area contributed by atoms with E-state index < -0.39 is 0 Å². The van der Waals surface area contributed by atoms with E-state index >= 15 is 0 Å². The van der Waals surface area contributed by atoms with Crippen molar-refractivity contribution in [3.05, 3.63) is 46.4 Å². The van der Waals surface area contributed by atoms with Gasteiger partial charge in [0.25, 0.3) is 5.56 Å². The third-order valence-electron chi connectivity index (χ3n) is 4.52. The zero-order chi connectivity index (χ0) is 19.6. The molecule has 1 aliphatic heterocycles. The number of carbonyl (C=O) groups is 1. The number of hydrogen-bond donors (Lipinski definition) is 1. The molecule has 1 N–H and O–H groups in total. The minimum atomic E-state index is -0.231. The fourth-order valence-corrected chi connectivity index (χ4v) is 2.76. The summed E-state index contributed by atoms with van der Waals surface area (Å²) in [5.41, 5.74) is 1.28. The standard InChI is InChI=1S/C19H23N3O5/c1-12-5-16(9-18(23)21(12)2)27-17-10-22(11-17)19(24)20-13-6-14(25-3)8-15(7-13)26-4/h5-9,17H,10-11H2,1-4H3,(H,20,24). The number of pyridine rings is 1. The van der Waals surface area contributed by atoms with Crippen molar-refractivity contribution in [2.75, 3.05) is 32.6 Å². The molecule has 2 aromatic rings. The average Bonchev–Trinajstić information content (AvgIpc) is 2.61. The Bertz CT molecular complexity index is 880. The van der Waals surface area contributed by atoms with Crippen molar-refractivity contribution in [2.45, 2.75) is 13.0 Å². The van der Waals surface area contributed by atoms with Gasteiger partial charge in [-0.1, -0.05) is 0 Å². The van der Waals surface area contributed by atoms with Gasteiger partial charge in [-0.15, -0.1) is 0 Å². The van der Waals surface area contributed by atoms with E-state index in [4.69, 9.17) is 14.2 Å². The second kappa shape index (κ2) is 7.61. The van der Waals surface area contributed by atoms with Crippen LogP contribution in [0.2, 0.25) is 0 Å². The quantitative estimate of drug-likeness (QED) is 0.867. The Kier molecular flexibility index (Phi) is 5.25. The van der Waals surface area contributed by atoms with Gasteiger partial charge < -0.3 is 29.0 Å². The number of likely N-dealkylation sites (tertiary alicyclic amines) is 1. The summed E-state index contributed by atoms with van der Waals surface area (Å²) in [7, 11) is 4.82. The van der Waals surface area contributed by atoms with Crippen LogP contribution in [-0.2, 0) is 7.05 Å². The van der Waals surface area contributed by atoms with Crippen LogP contribution in [0.4, 0.5) is 10.5 Å². The molecule has 0 bridgehead atoms. The predicted molar refractivity (Wildman–Crippen MR) is 101 cm³/mol. The Morgan fingerprint density at radius 2 is 1.67 bits per heavy atom. The molecule has 0 atom stereocenters. The van der Waals surface area contributed by atoms with E-state index in [-0.39, 0.29) is 17.7 Å². The molecule has 144 valence electrons. The van der Waals surface area contributed by atoms with Crippen molar-refractivity contribution in [1.82, 2.24) is 9.47 Å². The summed E-state index contributed by atoms with van der Waals surface area (Å²) in [5, 5.41) is 2.82. The minimum Gasteiger partial charge on any atom is -0.497 e. The third kappa shape index (κ3) is 4.16. The zero-order valence-electron chi connectivity index (χ0n) is 15.8. The lowest BCUT2D eigenvalue weighted by molar-refractivity contribution is 0.0490. The van der Waals surface area contributed by atoms with Crippen molar-refractivity contribution in [1.29, 1.82) is 0 Å².